The zero-order valence-electron chi connectivity index (χ0n) is 10.3. The Hall–Kier alpha value is -1.49. The molecule has 17 heavy (non-hydrogen) atoms. The molecule has 5 heteroatoms. The molecule has 1 aromatic rings. The molecule has 0 bridgehead atoms. The quantitative estimate of drug-likeness (QED) is 0.509. The van der Waals surface area contributed by atoms with E-state index in [4.69, 9.17) is 0 Å². The number of Topliss-reactive ketones (excluding diaryl/α,β-unsaturated/α-hetero) is 1. The van der Waals surface area contributed by atoms with E-state index in [2.05, 4.69) is 5.32 Å². The molecule has 0 aliphatic carbocycles. The van der Waals surface area contributed by atoms with Gasteiger partial charge < -0.3 is 5.32 Å². The molecule has 1 rings (SSSR count). The molecule has 0 radical (unpaired) electrons. The van der Waals surface area contributed by atoms with Gasteiger partial charge in [-0.2, -0.15) is 0 Å². The van der Waals surface area contributed by atoms with E-state index < -0.39 is 17.2 Å². The Morgan fingerprint density at radius 1 is 1.35 bits per heavy atom. The highest BCUT2D eigenvalue weighted by molar-refractivity contribution is 7.15. The van der Waals surface area contributed by atoms with Gasteiger partial charge >= 0.3 is 0 Å². The summed E-state index contributed by atoms with van der Waals surface area (Å²) in [6, 6.07) is 1.46. The fourth-order valence-corrected chi connectivity index (χ4v) is 2.16. The molecule has 4 nitrogen and oxygen atoms in total. The first-order valence-electron chi connectivity index (χ1n) is 5.17. The summed E-state index contributed by atoms with van der Waals surface area (Å²) in [5.41, 5.74) is 0.00825. The van der Waals surface area contributed by atoms with Crippen molar-refractivity contribution in [3.63, 3.8) is 0 Å². The molecule has 92 valence electrons. The van der Waals surface area contributed by atoms with Crippen molar-refractivity contribution in [1.29, 1.82) is 0 Å². The van der Waals surface area contributed by atoms with Crippen LogP contribution in [0.1, 0.15) is 45.7 Å². The first-order chi connectivity index (χ1) is 7.74. The van der Waals surface area contributed by atoms with E-state index in [0.717, 1.165) is 16.2 Å². The Balaban J connectivity index is 2.89. The van der Waals surface area contributed by atoms with E-state index in [0.29, 0.717) is 16.7 Å². The van der Waals surface area contributed by atoms with Crippen molar-refractivity contribution >= 4 is 29.3 Å². The fourth-order valence-electron chi connectivity index (χ4n) is 1.23. The van der Waals surface area contributed by atoms with Crippen LogP contribution in [0.25, 0.3) is 0 Å². The summed E-state index contributed by atoms with van der Waals surface area (Å²) in [6.45, 7) is 7.14. The van der Waals surface area contributed by atoms with Gasteiger partial charge in [0.1, 0.15) is 0 Å². The lowest BCUT2D eigenvalue weighted by atomic mass is 10.1. The van der Waals surface area contributed by atoms with Crippen LogP contribution in [0.4, 0.5) is 0 Å². The topological polar surface area (TPSA) is 63.2 Å². The van der Waals surface area contributed by atoms with Crippen LogP contribution in [0.3, 0.4) is 0 Å². The normalized spacial score (nSPS) is 11.1. The van der Waals surface area contributed by atoms with Crippen molar-refractivity contribution in [2.75, 3.05) is 0 Å². The first kappa shape index (κ1) is 13.6. The minimum Gasteiger partial charge on any atom is -0.345 e. The van der Waals surface area contributed by atoms with Gasteiger partial charge in [-0.05, 0) is 33.8 Å². The second-order valence-electron chi connectivity index (χ2n) is 4.77. The van der Waals surface area contributed by atoms with Gasteiger partial charge in [-0.1, -0.05) is 0 Å². The Morgan fingerprint density at radius 3 is 2.35 bits per heavy atom. The molecular formula is C12H15NO3S. The van der Waals surface area contributed by atoms with Crippen LogP contribution in [0.15, 0.2) is 6.07 Å². The molecule has 0 spiro atoms. The number of hydrogen-bond donors (Lipinski definition) is 1. The lowest BCUT2D eigenvalue weighted by molar-refractivity contribution is -0.118. The monoisotopic (exact) mass is 253 g/mol. The average molecular weight is 253 g/mol. The number of carbonyl (C=O) groups excluding carboxylic acids is 3. The summed E-state index contributed by atoms with van der Waals surface area (Å²) in [5, 5.41) is 2.59. The predicted octanol–water partition coefficient (Wildman–Crippen LogP) is 1.97. The smallest absolute Gasteiger partial charge is 0.293 e. The molecule has 0 atom stereocenters. The van der Waals surface area contributed by atoms with Gasteiger partial charge in [0.2, 0.25) is 0 Å². The highest BCUT2D eigenvalue weighted by Crippen LogP contribution is 2.20. The summed E-state index contributed by atoms with van der Waals surface area (Å²) in [7, 11) is 0. The second kappa shape index (κ2) is 4.79. The van der Waals surface area contributed by atoms with Crippen molar-refractivity contribution in [3.8, 4) is 0 Å². The van der Waals surface area contributed by atoms with Crippen LogP contribution in [0.2, 0.25) is 0 Å². The van der Waals surface area contributed by atoms with E-state index in [9.17, 15) is 14.4 Å². The molecule has 0 saturated carbocycles. The molecule has 0 fully saturated rings. The third kappa shape index (κ3) is 3.49. The first-order valence-corrected chi connectivity index (χ1v) is 5.98. The van der Waals surface area contributed by atoms with Gasteiger partial charge in [-0.15, -0.1) is 11.3 Å². The van der Waals surface area contributed by atoms with Crippen LogP contribution < -0.4 is 5.32 Å². The van der Waals surface area contributed by atoms with E-state index in [1.54, 1.807) is 27.7 Å². The van der Waals surface area contributed by atoms with E-state index in [1.165, 1.54) is 6.07 Å². The number of aryl methyl sites for hydroxylation is 1. The van der Waals surface area contributed by atoms with Crippen molar-refractivity contribution < 1.29 is 14.4 Å². The highest BCUT2D eigenvalue weighted by Gasteiger charge is 2.23. The maximum absolute atomic E-state index is 11.8. The Morgan fingerprint density at radius 2 is 1.94 bits per heavy atom. The van der Waals surface area contributed by atoms with Crippen LogP contribution in [-0.4, -0.2) is 23.5 Å². The third-order valence-corrected chi connectivity index (χ3v) is 3.07. The highest BCUT2D eigenvalue weighted by atomic mass is 32.1. The zero-order chi connectivity index (χ0) is 13.2. The Kier molecular flexibility index (Phi) is 3.83. The maximum Gasteiger partial charge on any atom is 0.293 e. The summed E-state index contributed by atoms with van der Waals surface area (Å²) < 4.78 is 0. The number of nitrogens with one attached hydrogen (secondary N) is 1. The second-order valence-corrected chi connectivity index (χ2v) is 6.03. The fraction of sp³-hybridized carbons (Fsp3) is 0.417. The standard InChI is InChI=1S/C12H15NO3S/c1-7-8(6-14)5-9(17-7)10(15)11(16)13-12(2,3)4/h5-6H,1-4H3,(H,13,16). The van der Waals surface area contributed by atoms with E-state index >= 15 is 0 Å². The molecule has 1 aromatic heterocycles. The van der Waals surface area contributed by atoms with Gasteiger partial charge in [-0.3, -0.25) is 14.4 Å². The summed E-state index contributed by atoms with van der Waals surface area (Å²) in [4.78, 5) is 35.1. The van der Waals surface area contributed by atoms with Crippen molar-refractivity contribution in [1.82, 2.24) is 5.32 Å². The zero-order valence-corrected chi connectivity index (χ0v) is 11.1. The molecule has 1 heterocycles. The minimum atomic E-state index is -0.642. The van der Waals surface area contributed by atoms with Crippen molar-refractivity contribution in [3.05, 3.63) is 21.4 Å². The Bertz CT molecular complexity index is 469. The predicted molar refractivity (Wildman–Crippen MR) is 66.7 cm³/mol. The summed E-state index contributed by atoms with van der Waals surface area (Å²) in [5.74, 6) is -1.24. The summed E-state index contributed by atoms with van der Waals surface area (Å²) in [6.07, 6.45) is 0.685. The van der Waals surface area contributed by atoms with Gasteiger partial charge in [-0.25, -0.2) is 0 Å². The van der Waals surface area contributed by atoms with Crippen LogP contribution in [0.5, 0.6) is 0 Å². The molecule has 0 aromatic carbocycles. The number of amides is 1. The number of carbonyl (C=O) groups is 3. The number of thiophene rings is 1. The number of aldehydes is 1. The molecule has 0 aliphatic rings. The van der Waals surface area contributed by atoms with Gasteiger partial charge in [0.05, 0.1) is 4.88 Å². The summed E-state index contributed by atoms with van der Waals surface area (Å²) >= 11 is 1.16. The van der Waals surface area contributed by atoms with E-state index in [1.807, 2.05) is 0 Å². The third-order valence-electron chi connectivity index (χ3n) is 2.00. The molecule has 0 saturated heterocycles. The number of ketones is 1. The van der Waals surface area contributed by atoms with Crippen molar-refractivity contribution in [2.24, 2.45) is 0 Å². The lowest BCUT2D eigenvalue weighted by Crippen LogP contribution is -2.44. The largest absolute Gasteiger partial charge is 0.345 e. The van der Waals surface area contributed by atoms with Crippen LogP contribution in [-0.2, 0) is 4.79 Å². The Labute approximate surface area is 104 Å². The lowest BCUT2D eigenvalue weighted by Gasteiger charge is -2.19. The van der Waals surface area contributed by atoms with Crippen LogP contribution >= 0.6 is 11.3 Å². The molecule has 0 unspecified atom stereocenters. The average Bonchev–Trinajstić information content (AvgIpc) is 2.55. The van der Waals surface area contributed by atoms with E-state index in [-0.39, 0.29) is 0 Å². The SMILES string of the molecule is Cc1sc(C(=O)C(=O)NC(C)(C)C)cc1C=O. The number of hydrogen-bond acceptors (Lipinski definition) is 4. The minimum absolute atomic E-state index is 0.298. The van der Waals surface area contributed by atoms with Crippen LogP contribution in [0, 0.1) is 6.92 Å². The van der Waals surface area contributed by atoms with Crippen molar-refractivity contribution in [2.45, 2.75) is 33.2 Å². The molecular weight excluding hydrogens is 238 g/mol. The van der Waals surface area contributed by atoms with Gasteiger partial charge in [0.15, 0.2) is 6.29 Å². The van der Waals surface area contributed by atoms with Gasteiger partial charge in [0.25, 0.3) is 11.7 Å². The number of rotatable bonds is 3. The molecule has 1 N–H and O–H groups in total. The molecule has 0 aliphatic heterocycles. The van der Waals surface area contributed by atoms with Gasteiger partial charge in [0, 0.05) is 16.0 Å². The maximum atomic E-state index is 11.8. The molecule has 1 amide bonds.